The molecule has 1 aromatic heterocycles. The summed E-state index contributed by atoms with van der Waals surface area (Å²) in [4.78, 5) is 4.51. The zero-order chi connectivity index (χ0) is 16.8. The summed E-state index contributed by atoms with van der Waals surface area (Å²) < 4.78 is 14.6. The number of benzene rings is 1. The second kappa shape index (κ2) is 5.48. The van der Waals surface area contributed by atoms with E-state index in [4.69, 9.17) is 14.6 Å². The lowest BCUT2D eigenvalue weighted by atomic mass is 9.86. The zero-order valence-corrected chi connectivity index (χ0v) is 15.1. The summed E-state index contributed by atoms with van der Waals surface area (Å²) in [6.07, 6.45) is 1.88. The second-order valence-electron chi connectivity index (χ2n) is 6.55. The molecule has 1 aromatic carbocycles. The van der Waals surface area contributed by atoms with Crippen molar-refractivity contribution in [2.45, 2.75) is 38.9 Å². The molecule has 1 saturated heterocycles. The van der Waals surface area contributed by atoms with E-state index in [0.29, 0.717) is 15.9 Å². The molecule has 0 atom stereocenters. The molecule has 1 fully saturated rings. The van der Waals surface area contributed by atoms with Gasteiger partial charge in [-0.2, -0.15) is 5.26 Å². The fourth-order valence-corrected chi connectivity index (χ4v) is 2.84. The van der Waals surface area contributed by atoms with Crippen LogP contribution in [0.15, 0.2) is 35.2 Å². The van der Waals surface area contributed by atoms with E-state index in [1.54, 1.807) is 12.1 Å². The first kappa shape index (κ1) is 16.3. The average molecular weight is 374 g/mol. The zero-order valence-electron chi connectivity index (χ0n) is 13.5. The molecule has 2 heterocycles. The quantitative estimate of drug-likeness (QED) is 0.759. The first-order valence-electron chi connectivity index (χ1n) is 7.34. The molecular weight excluding hydrogens is 357 g/mol. The van der Waals surface area contributed by atoms with Crippen molar-refractivity contribution in [1.29, 1.82) is 5.26 Å². The van der Waals surface area contributed by atoms with Crippen LogP contribution in [0.1, 0.15) is 33.3 Å². The molecular formula is C16H17BBrN3O2. The molecule has 7 heteroatoms. The summed E-state index contributed by atoms with van der Waals surface area (Å²) in [5.41, 5.74) is 1.44. The Morgan fingerprint density at radius 2 is 1.70 bits per heavy atom. The summed E-state index contributed by atoms with van der Waals surface area (Å²) in [5, 5.41) is 8.89. The molecule has 0 amide bonds. The van der Waals surface area contributed by atoms with Gasteiger partial charge in [-0.3, -0.25) is 4.57 Å². The summed E-state index contributed by atoms with van der Waals surface area (Å²) in [6, 6.07) is 9.41. The molecule has 3 rings (SSSR count). The van der Waals surface area contributed by atoms with Crippen molar-refractivity contribution in [2.75, 3.05) is 0 Å². The molecule has 0 saturated carbocycles. The monoisotopic (exact) mass is 373 g/mol. The Morgan fingerprint density at radius 3 is 2.22 bits per heavy atom. The van der Waals surface area contributed by atoms with E-state index in [1.807, 2.05) is 50.6 Å². The topological polar surface area (TPSA) is 60.1 Å². The largest absolute Gasteiger partial charge is 0.516 e. The minimum atomic E-state index is -0.504. The van der Waals surface area contributed by atoms with Gasteiger partial charge in [-0.05, 0) is 67.9 Å². The summed E-state index contributed by atoms with van der Waals surface area (Å²) in [7, 11) is -0.504. The molecule has 0 unspecified atom stereocenters. The molecule has 118 valence electrons. The van der Waals surface area contributed by atoms with Crippen LogP contribution in [-0.2, 0) is 9.31 Å². The number of hydrogen-bond donors (Lipinski definition) is 0. The van der Waals surface area contributed by atoms with Crippen molar-refractivity contribution in [2.24, 2.45) is 0 Å². The van der Waals surface area contributed by atoms with E-state index in [2.05, 4.69) is 27.0 Å². The Hall–Kier alpha value is -1.62. The van der Waals surface area contributed by atoms with Crippen LogP contribution in [0, 0.1) is 11.3 Å². The van der Waals surface area contributed by atoms with Gasteiger partial charge in [-0.15, -0.1) is 0 Å². The lowest BCUT2D eigenvalue weighted by molar-refractivity contribution is 0.00578. The van der Waals surface area contributed by atoms with Crippen LogP contribution in [0.3, 0.4) is 0 Å². The highest BCUT2D eigenvalue weighted by Gasteiger charge is 2.52. The van der Waals surface area contributed by atoms with E-state index >= 15 is 0 Å². The van der Waals surface area contributed by atoms with Crippen LogP contribution in [0.25, 0.3) is 5.69 Å². The fraction of sp³-hybridized carbons (Fsp3) is 0.375. The highest BCUT2D eigenvalue weighted by Crippen LogP contribution is 2.36. The molecule has 0 radical (unpaired) electrons. The van der Waals surface area contributed by atoms with Crippen molar-refractivity contribution < 1.29 is 9.31 Å². The smallest absolute Gasteiger partial charge is 0.398 e. The summed E-state index contributed by atoms with van der Waals surface area (Å²) >= 11 is 3.47. The SMILES string of the molecule is CC1(C)OB(c2cn(-c3ccc(C#N)cc3)c(Br)n2)OC1(C)C. The number of rotatable bonds is 2. The van der Waals surface area contributed by atoms with Gasteiger partial charge >= 0.3 is 7.12 Å². The molecule has 5 nitrogen and oxygen atoms in total. The lowest BCUT2D eigenvalue weighted by Gasteiger charge is -2.32. The lowest BCUT2D eigenvalue weighted by Crippen LogP contribution is -2.41. The predicted octanol–water partition coefficient (Wildman–Crippen LogP) is 2.81. The van der Waals surface area contributed by atoms with Crippen LogP contribution in [0.5, 0.6) is 0 Å². The summed E-state index contributed by atoms with van der Waals surface area (Å²) in [5.74, 6) is 0. The third-order valence-electron chi connectivity index (χ3n) is 4.45. The maximum absolute atomic E-state index is 8.89. The van der Waals surface area contributed by atoms with Crippen LogP contribution >= 0.6 is 15.9 Å². The molecule has 0 bridgehead atoms. The maximum Gasteiger partial charge on any atom is 0.516 e. The highest BCUT2D eigenvalue weighted by atomic mass is 79.9. The molecule has 1 aliphatic heterocycles. The molecule has 0 aliphatic carbocycles. The first-order valence-corrected chi connectivity index (χ1v) is 8.14. The van der Waals surface area contributed by atoms with E-state index in [1.165, 1.54) is 0 Å². The Morgan fingerprint density at radius 1 is 1.13 bits per heavy atom. The third-order valence-corrected chi connectivity index (χ3v) is 5.01. The number of nitriles is 1. The van der Waals surface area contributed by atoms with Gasteiger partial charge in [0, 0.05) is 11.9 Å². The van der Waals surface area contributed by atoms with Crippen molar-refractivity contribution in [3.05, 3.63) is 40.8 Å². The first-order chi connectivity index (χ1) is 10.7. The van der Waals surface area contributed by atoms with Gasteiger partial charge in [0.1, 0.15) is 0 Å². The number of imidazole rings is 1. The maximum atomic E-state index is 8.89. The molecule has 2 aromatic rings. The van der Waals surface area contributed by atoms with Crippen LogP contribution in [0.4, 0.5) is 0 Å². The van der Waals surface area contributed by atoms with E-state index in [9.17, 15) is 0 Å². The fourth-order valence-electron chi connectivity index (χ4n) is 2.33. The van der Waals surface area contributed by atoms with E-state index < -0.39 is 18.3 Å². The van der Waals surface area contributed by atoms with Gasteiger partial charge in [-0.1, -0.05) is 0 Å². The number of aromatic nitrogens is 2. The number of halogens is 1. The predicted molar refractivity (Wildman–Crippen MR) is 91.7 cm³/mol. The Bertz CT molecular complexity index is 762. The summed E-state index contributed by atoms with van der Waals surface area (Å²) in [6.45, 7) is 8.05. The van der Waals surface area contributed by atoms with Crippen molar-refractivity contribution in [3.8, 4) is 11.8 Å². The van der Waals surface area contributed by atoms with Gasteiger partial charge in [0.25, 0.3) is 0 Å². The molecule has 1 aliphatic rings. The Balaban J connectivity index is 1.91. The van der Waals surface area contributed by atoms with E-state index in [-0.39, 0.29) is 0 Å². The number of hydrogen-bond acceptors (Lipinski definition) is 4. The minimum Gasteiger partial charge on any atom is -0.398 e. The van der Waals surface area contributed by atoms with Crippen LogP contribution < -0.4 is 5.59 Å². The van der Waals surface area contributed by atoms with Gasteiger partial charge < -0.3 is 9.31 Å². The standard InChI is InChI=1S/C16H17BBrN3O2/c1-15(2)16(3,4)23-17(22-15)13-10-21(14(18)20-13)12-7-5-11(9-19)6-8-12/h5-8,10H,1-4H3. The normalized spacial score (nSPS) is 18.9. The third kappa shape index (κ3) is 2.83. The van der Waals surface area contributed by atoms with Crippen molar-refractivity contribution in [1.82, 2.24) is 9.55 Å². The van der Waals surface area contributed by atoms with Crippen molar-refractivity contribution in [3.63, 3.8) is 0 Å². The van der Waals surface area contributed by atoms with Gasteiger partial charge in [0.2, 0.25) is 0 Å². The second-order valence-corrected chi connectivity index (χ2v) is 7.26. The molecule has 23 heavy (non-hydrogen) atoms. The van der Waals surface area contributed by atoms with Gasteiger partial charge in [-0.25, -0.2) is 4.98 Å². The van der Waals surface area contributed by atoms with Crippen LogP contribution in [-0.4, -0.2) is 27.9 Å². The van der Waals surface area contributed by atoms with Gasteiger partial charge in [0.15, 0.2) is 4.73 Å². The van der Waals surface area contributed by atoms with Gasteiger partial charge in [0.05, 0.1) is 28.4 Å². The molecule has 0 spiro atoms. The molecule has 0 N–H and O–H groups in total. The van der Waals surface area contributed by atoms with E-state index in [0.717, 1.165) is 5.69 Å². The number of nitrogens with zero attached hydrogens (tertiary/aromatic N) is 3. The minimum absolute atomic E-state index is 0.400. The highest BCUT2D eigenvalue weighted by molar-refractivity contribution is 9.10. The Kier molecular flexibility index (Phi) is 3.87. The average Bonchev–Trinajstić information content (AvgIpc) is 2.97. The van der Waals surface area contributed by atoms with Crippen molar-refractivity contribution >= 4 is 28.6 Å². The Labute approximate surface area is 144 Å². The van der Waals surface area contributed by atoms with Crippen LogP contribution in [0.2, 0.25) is 0 Å².